The largest absolute Gasteiger partial charge is 0.459 e. The van der Waals surface area contributed by atoms with Crippen molar-refractivity contribution in [3.05, 3.63) is 0 Å². The lowest BCUT2D eigenvalue weighted by molar-refractivity contribution is -0.157. The highest BCUT2D eigenvalue weighted by molar-refractivity contribution is 5.76. The molecule has 0 radical (unpaired) electrons. The van der Waals surface area contributed by atoms with E-state index in [4.69, 9.17) is 4.74 Å². The molecule has 0 saturated carbocycles. The highest BCUT2D eigenvalue weighted by Gasteiger charge is 2.34. The van der Waals surface area contributed by atoms with Gasteiger partial charge < -0.3 is 10.1 Å². The number of carbonyl (C=O) groups excluding carboxylic acids is 1. The van der Waals surface area contributed by atoms with Crippen LogP contribution in [-0.2, 0) is 9.53 Å². The van der Waals surface area contributed by atoms with Crippen LogP contribution in [0.3, 0.4) is 0 Å². The van der Waals surface area contributed by atoms with Crippen molar-refractivity contribution in [2.75, 3.05) is 0 Å². The molecule has 0 aromatic rings. The minimum atomic E-state index is -0.381. The van der Waals surface area contributed by atoms with Gasteiger partial charge in [0.15, 0.2) is 0 Å². The summed E-state index contributed by atoms with van der Waals surface area (Å²) in [7, 11) is 0. The average Bonchev–Trinajstić information content (AvgIpc) is 2.28. The van der Waals surface area contributed by atoms with Gasteiger partial charge in [-0.2, -0.15) is 0 Å². The number of carbonyl (C=O) groups is 1. The molecule has 1 saturated heterocycles. The first kappa shape index (κ1) is 11.5. The van der Waals surface area contributed by atoms with E-state index in [0.29, 0.717) is 12.0 Å². The van der Waals surface area contributed by atoms with E-state index < -0.39 is 0 Å². The topological polar surface area (TPSA) is 38.3 Å². The maximum Gasteiger partial charge on any atom is 0.323 e. The highest BCUT2D eigenvalue weighted by Crippen LogP contribution is 2.21. The minimum Gasteiger partial charge on any atom is -0.459 e. The summed E-state index contributed by atoms with van der Waals surface area (Å²) in [6.45, 7) is 9.95. The van der Waals surface area contributed by atoms with Crippen LogP contribution in [0.4, 0.5) is 0 Å². The molecule has 1 heterocycles. The number of nitrogens with one attached hydrogen (secondary N) is 1. The second-order valence-electron chi connectivity index (χ2n) is 5.25. The fourth-order valence-corrected chi connectivity index (χ4v) is 1.66. The van der Waals surface area contributed by atoms with Crippen LogP contribution in [0.25, 0.3) is 0 Å². The highest BCUT2D eigenvalue weighted by atomic mass is 16.6. The van der Waals surface area contributed by atoms with Gasteiger partial charge >= 0.3 is 5.97 Å². The number of rotatable bonds is 1. The summed E-state index contributed by atoms with van der Waals surface area (Å²) in [6, 6.07) is 0.298. The molecule has 1 rings (SSSR count). The van der Waals surface area contributed by atoms with Crippen LogP contribution in [0.5, 0.6) is 0 Å². The number of hydrogen-bond donors (Lipinski definition) is 1. The second kappa shape index (κ2) is 3.89. The first-order valence-corrected chi connectivity index (χ1v) is 5.28. The Morgan fingerprint density at radius 3 is 2.29 bits per heavy atom. The van der Waals surface area contributed by atoms with Crippen molar-refractivity contribution in [2.24, 2.45) is 5.92 Å². The van der Waals surface area contributed by atoms with Crippen LogP contribution in [0.15, 0.2) is 0 Å². The van der Waals surface area contributed by atoms with Crippen LogP contribution in [-0.4, -0.2) is 23.7 Å². The fourth-order valence-electron chi connectivity index (χ4n) is 1.66. The normalized spacial score (nSPS) is 33.1. The third-order valence-electron chi connectivity index (χ3n) is 2.62. The third-order valence-corrected chi connectivity index (χ3v) is 2.62. The molecule has 82 valence electrons. The molecule has 3 nitrogen and oxygen atoms in total. The molecule has 1 aliphatic rings. The monoisotopic (exact) mass is 199 g/mol. The van der Waals surface area contributed by atoms with Crippen molar-refractivity contribution in [1.29, 1.82) is 0 Å². The molecule has 1 fully saturated rings. The van der Waals surface area contributed by atoms with Crippen LogP contribution < -0.4 is 5.32 Å². The maximum atomic E-state index is 11.7. The summed E-state index contributed by atoms with van der Waals surface area (Å²) < 4.78 is 5.32. The first-order valence-electron chi connectivity index (χ1n) is 5.28. The van der Waals surface area contributed by atoms with Gasteiger partial charge in [-0.1, -0.05) is 6.92 Å². The summed E-state index contributed by atoms with van der Waals surface area (Å²) in [5.74, 6) is 0.432. The van der Waals surface area contributed by atoms with Gasteiger partial charge in [0.25, 0.3) is 0 Å². The number of ether oxygens (including phenoxy) is 1. The molecule has 3 heteroatoms. The molecule has 0 spiro atoms. The molecule has 3 atom stereocenters. The van der Waals surface area contributed by atoms with E-state index in [1.54, 1.807) is 0 Å². The van der Waals surface area contributed by atoms with E-state index in [-0.39, 0.29) is 17.6 Å². The molecule has 0 bridgehead atoms. The molecule has 2 unspecified atom stereocenters. The molecule has 0 amide bonds. The maximum absolute atomic E-state index is 11.7. The zero-order valence-electron chi connectivity index (χ0n) is 9.76. The van der Waals surface area contributed by atoms with Crippen molar-refractivity contribution in [3.63, 3.8) is 0 Å². The zero-order valence-corrected chi connectivity index (χ0v) is 9.76. The van der Waals surface area contributed by atoms with E-state index in [0.717, 1.165) is 6.42 Å². The van der Waals surface area contributed by atoms with Crippen molar-refractivity contribution in [3.8, 4) is 0 Å². The Kier molecular flexibility index (Phi) is 3.20. The molecular formula is C11H21NO2. The van der Waals surface area contributed by atoms with Gasteiger partial charge in [-0.05, 0) is 40.0 Å². The molecule has 1 aliphatic heterocycles. The standard InChI is InChI=1S/C11H21NO2/c1-7-6-9(12-8(7)2)10(13)14-11(3,4)5/h7-9,12H,6H2,1-5H3/t7-,8?,9?/m0/s1. The van der Waals surface area contributed by atoms with E-state index in [2.05, 4.69) is 19.2 Å². The van der Waals surface area contributed by atoms with E-state index >= 15 is 0 Å². The predicted octanol–water partition coefficient (Wildman–Crippen LogP) is 1.71. The predicted molar refractivity (Wildman–Crippen MR) is 56.0 cm³/mol. The average molecular weight is 199 g/mol. The van der Waals surface area contributed by atoms with E-state index in [1.165, 1.54) is 0 Å². The SMILES string of the molecule is CC1NC(C(=O)OC(C)(C)C)C[C@@H]1C. The number of esters is 1. The van der Waals surface area contributed by atoms with E-state index in [9.17, 15) is 4.79 Å². The Balaban J connectivity index is 2.48. The summed E-state index contributed by atoms with van der Waals surface area (Å²) in [5, 5.41) is 3.25. The summed E-state index contributed by atoms with van der Waals surface area (Å²) in [5.41, 5.74) is -0.381. The van der Waals surface area contributed by atoms with Crippen molar-refractivity contribution >= 4 is 5.97 Å². The van der Waals surface area contributed by atoms with E-state index in [1.807, 2.05) is 20.8 Å². The second-order valence-corrected chi connectivity index (χ2v) is 5.25. The molecule has 0 aromatic heterocycles. The lowest BCUT2D eigenvalue weighted by atomic mass is 10.0. The van der Waals surface area contributed by atoms with Gasteiger partial charge in [-0.25, -0.2) is 0 Å². The molecule has 1 N–H and O–H groups in total. The molecular weight excluding hydrogens is 178 g/mol. The Bertz CT molecular complexity index is 210. The Hall–Kier alpha value is -0.570. The van der Waals surface area contributed by atoms with Crippen LogP contribution in [0.1, 0.15) is 41.0 Å². The van der Waals surface area contributed by atoms with Crippen LogP contribution in [0, 0.1) is 5.92 Å². The lowest BCUT2D eigenvalue weighted by Crippen LogP contribution is -2.39. The van der Waals surface area contributed by atoms with Gasteiger partial charge in [-0.15, -0.1) is 0 Å². The third kappa shape index (κ3) is 2.98. The Labute approximate surface area is 86.2 Å². The quantitative estimate of drug-likeness (QED) is 0.653. The van der Waals surface area contributed by atoms with Gasteiger partial charge in [0.2, 0.25) is 0 Å². The van der Waals surface area contributed by atoms with Crippen LogP contribution in [0.2, 0.25) is 0 Å². The van der Waals surface area contributed by atoms with Crippen molar-refractivity contribution in [2.45, 2.75) is 58.7 Å². The summed E-state index contributed by atoms with van der Waals surface area (Å²) in [4.78, 5) is 11.7. The summed E-state index contributed by atoms with van der Waals surface area (Å²) in [6.07, 6.45) is 0.885. The van der Waals surface area contributed by atoms with Crippen molar-refractivity contribution in [1.82, 2.24) is 5.32 Å². The van der Waals surface area contributed by atoms with Gasteiger partial charge in [-0.3, -0.25) is 4.79 Å². The smallest absolute Gasteiger partial charge is 0.323 e. The lowest BCUT2D eigenvalue weighted by Gasteiger charge is -2.22. The van der Waals surface area contributed by atoms with Gasteiger partial charge in [0, 0.05) is 6.04 Å². The molecule has 0 aromatic carbocycles. The Morgan fingerprint density at radius 2 is 1.93 bits per heavy atom. The fraction of sp³-hybridized carbons (Fsp3) is 0.909. The van der Waals surface area contributed by atoms with Crippen molar-refractivity contribution < 1.29 is 9.53 Å². The zero-order chi connectivity index (χ0) is 10.9. The molecule has 0 aliphatic carbocycles. The van der Waals surface area contributed by atoms with Crippen LogP contribution >= 0.6 is 0 Å². The first-order chi connectivity index (χ1) is 6.29. The number of hydrogen-bond acceptors (Lipinski definition) is 3. The van der Waals surface area contributed by atoms with Gasteiger partial charge in [0.1, 0.15) is 11.6 Å². The Morgan fingerprint density at radius 1 is 1.36 bits per heavy atom. The minimum absolute atomic E-state index is 0.112. The molecule has 14 heavy (non-hydrogen) atoms. The van der Waals surface area contributed by atoms with Gasteiger partial charge in [0.05, 0.1) is 0 Å². The summed E-state index contributed by atoms with van der Waals surface area (Å²) >= 11 is 0.